The number of fused-ring (bicyclic) bond motifs is 2. The molecule has 1 spiro atoms. The van der Waals surface area contributed by atoms with E-state index >= 15 is 0 Å². The summed E-state index contributed by atoms with van der Waals surface area (Å²) in [5, 5.41) is 3.34. The van der Waals surface area contributed by atoms with Gasteiger partial charge in [0.25, 0.3) is 11.6 Å². The summed E-state index contributed by atoms with van der Waals surface area (Å²) in [5.41, 5.74) is -1.04. The van der Waals surface area contributed by atoms with E-state index in [0.717, 1.165) is 12.8 Å². The maximum atomic E-state index is 13.3. The van der Waals surface area contributed by atoms with E-state index in [1.165, 1.54) is 4.90 Å². The van der Waals surface area contributed by atoms with Gasteiger partial charge in [0.05, 0.1) is 5.56 Å². The molecule has 1 amide bonds. The topological polar surface area (TPSA) is 86.3 Å². The largest absolute Gasteiger partial charge is 0.459 e. The SMILES string of the molecule is CCCCN1C(=O)[C@]2(NC1=S)O[C@H](COC(=O)c1ccccc1)[C@H]1OC(C)(C)O[C@H]12. The number of rotatable bonds is 6. The van der Waals surface area contributed by atoms with Crippen molar-refractivity contribution < 1.29 is 28.5 Å². The summed E-state index contributed by atoms with van der Waals surface area (Å²) in [4.78, 5) is 27.2. The van der Waals surface area contributed by atoms with E-state index in [9.17, 15) is 9.59 Å². The molecule has 1 aromatic carbocycles. The van der Waals surface area contributed by atoms with Crippen LogP contribution in [0.25, 0.3) is 0 Å². The molecule has 0 bridgehead atoms. The van der Waals surface area contributed by atoms with Gasteiger partial charge in [-0.05, 0) is 44.6 Å². The second-order valence-electron chi connectivity index (χ2n) is 8.12. The van der Waals surface area contributed by atoms with Crippen molar-refractivity contribution in [3.63, 3.8) is 0 Å². The Morgan fingerprint density at radius 1 is 1.23 bits per heavy atom. The molecule has 4 atom stereocenters. The molecule has 0 aromatic heterocycles. The first-order valence-electron chi connectivity index (χ1n) is 10.2. The second kappa shape index (κ2) is 7.88. The highest BCUT2D eigenvalue weighted by Crippen LogP contribution is 2.45. The van der Waals surface area contributed by atoms with Gasteiger partial charge in [-0.2, -0.15) is 0 Å². The number of amides is 1. The number of hydrogen-bond donors (Lipinski definition) is 1. The van der Waals surface area contributed by atoms with Crippen LogP contribution in [0.5, 0.6) is 0 Å². The molecule has 0 radical (unpaired) electrons. The average Bonchev–Trinajstić information content (AvgIpc) is 3.27. The smallest absolute Gasteiger partial charge is 0.338 e. The monoisotopic (exact) mass is 434 g/mol. The summed E-state index contributed by atoms with van der Waals surface area (Å²) >= 11 is 5.40. The Balaban J connectivity index is 1.53. The van der Waals surface area contributed by atoms with Crippen LogP contribution >= 0.6 is 12.2 Å². The normalized spacial score (nSPS) is 31.8. The molecule has 3 heterocycles. The van der Waals surface area contributed by atoms with Crippen molar-refractivity contribution in [3.8, 4) is 0 Å². The fourth-order valence-electron chi connectivity index (χ4n) is 4.06. The van der Waals surface area contributed by atoms with Gasteiger partial charge in [-0.3, -0.25) is 9.69 Å². The van der Waals surface area contributed by atoms with Gasteiger partial charge in [0, 0.05) is 6.54 Å². The molecule has 1 N–H and O–H groups in total. The number of carbonyl (C=O) groups excluding carboxylic acids is 2. The second-order valence-corrected chi connectivity index (χ2v) is 8.50. The van der Waals surface area contributed by atoms with E-state index < -0.39 is 35.8 Å². The van der Waals surface area contributed by atoms with Gasteiger partial charge in [-0.15, -0.1) is 0 Å². The van der Waals surface area contributed by atoms with Crippen LogP contribution in [-0.4, -0.2) is 64.9 Å². The fraction of sp³-hybridized carbons (Fsp3) is 0.571. The molecular formula is C21H26N2O6S. The third kappa shape index (κ3) is 3.60. The fourth-order valence-corrected chi connectivity index (χ4v) is 4.38. The number of benzene rings is 1. The molecule has 0 saturated carbocycles. The molecule has 3 fully saturated rings. The minimum absolute atomic E-state index is 0.0766. The van der Waals surface area contributed by atoms with E-state index in [1.54, 1.807) is 38.1 Å². The minimum Gasteiger partial charge on any atom is -0.459 e. The zero-order valence-corrected chi connectivity index (χ0v) is 18.1. The Bertz CT molecular complexity index is 847. The Morgan fingerprint density at radius 2 is 1.97 bits per heavy atom. The zero-order chi connectivity index (χ0) is 21.5. The lowest BCUT2D eigenvalue weighted by Gasteiger charge is -2.29. The molecule has 9 heteroatoms. The zero-order valence-electron chi connectivity index (χ0n) is 17.3. The van der Waals surface area contributed by atoms with Crippen LogP contribution in [0.4, 0.5) is 0 Å². The van der Waals surface area contributed by atoms with Crippen LogP contribution in [-0.2, 0) is 23.7 Å². The lowest BCUT2D eigenvalue weighted by Crippen LogP contribution is -2.56. The summed E-state index contributed by atoms with van der Waals surface area (Å²) in [6.45, 7) is 6.02. The molecule has 4 rings (SSSR count). The van der Waals surface area contributed by atoms with Gasteiger partial charge in [0.15, 0.2) is 10.9 Å². The lowest BCUT2D eigenvalue weighted by atomic mass is 10.0. The van der Waals surface area contributed by atoms with Gasteiger partial charge in [-0.1, -0.05) is 31.5 Å². The molecule has 3 aliphatic heterocycles. The predicted molar refractivity (Wildman–Crippen MR) is 111 cm³/mol. The van der Waals surface area contributed by atoms with E-state index in [1.807, 2.05) is 13.0 Å². The van der Waals surface area contributed by atoms with Gasteiger partial charge < -0.3 is 24.3 Å². The van der Waals surface area contributed by atoms with Crippen LogP contribution in [0.1, 0.15) is 44.0 Å². The summed E-state index contributed by atoms with van der Waals surface area (Å²) < 4.78 is 23.7. The first-order valence-corrected chi connectivity index (χ1v) is 10.6. The summed E-state index contributed by atoms with van der Waals surface area (Å²) in [5.74, 6) is -1.68. The number of ether oxygens (including phenoxy) is 4. The molecule has 0 unspecified atom stereocenters. The van der Waals surface area contributed by atoms with Crippen molar-refractivity contribution in [2.24, 2.45) is 0 Å². The van der Waals surface area contributed by atoms with Crippen LogP contribution in [0.15, 0.2) is 30.3 Å². The Labute approximate surface area is 180 Å². The highest BCUT2D eigenvalue weighted by atomic mass is 32.1. The first kappa shape index (κ1) is 21.2. The Kier molecular flexibility index (Phi) is 5.56. The summed E-state index contributed by atoms with van der Waals surface area (Å²) in [6.07, 6.45) is -0.246. The minimum atomic E-state index is -1.48. The molecule has 0 aliphatic carbocycles. The number of unbranched alkanes of at least 4 members (excludes halogenated alkanes) is 1. The van der Waals surface area contributed by atoms with Crippen LogP contribution < -0.4 is 5.32 Å². The van der Waals surface area contributed by atoms with E-state index in [4.69, 9.17) is 31.2 Å². The van der Waals surface area contributed by atoms with Crippen molar-refractivity contribution in [3.05, 3.63) is 35.9 Å². The molecule has 8 nitrogen and oxygen atoms in total. The van der Waals surface area contributed by atoms with Crippen molar-refractivity contribution >= 4 is 29.2 Å². The molecular weight excluding hydrogens is 408 g/mol. The predicted octanol–water partition coefficient (Wildman–Crippen LogP) is 1.98. The van der Waals surface area contributed by atoms with Gasteiger partial charge in [0.2, 0.25) is 0 Å². The first-order chi connectivity index (χ1) is 14.3. The lowest BCUT2D eigenvalue weighted by molar-refractivity contribution is -0.214. The maximum Gasteiger partial charge on any atom is 0.338 e. The number of nitrogens with zero attached hydrogens (tertiary/aromatic N) is 1. The van der Waals surface area contributed by atoms with Gasteiger partial charge in [-0.25, -0.2) is 4.79 Å². The number of hydrogen-bond acceptors (Lipinski definition) is 7. The standard InChI is InChI=1S/C21H26N2O6S/c1-4-5-11-23-18(25)21(22-19(23)30)16-15(28-20(2,3)29-16)14(27-21)12-26-17(24)13-9-7-6-8-10-13/h6-10,14-16H,4-5,11-12H2,1-3H3,(H,22,30)/t14-,15-,16-,21-/m1/s1. The maximum absolute atomic E-state index is 13.3. The molecule has 3 saturated heterocycles. The van der Waals surface area contributed by atoms with Gasteiger partial charge in [0.1, 0.15) is 24.9 Å². The molecule has 162 valence electrons. The van der Waals surface area contributed by atoms with Crippen LogP contribution in [0.3, 0.4) is 0 Å². The highest BCUT2D eigenvalue weighted by Gasteiger charge is 2.70. The number of thiocarbonyl (C=S) groups is 1. The van der Waals surface area contributed by atoms with Crippen molar-refractivity contribution in [2.45, 2.75) is 63.4 Å². The number of esters is 1. The Morgan fingerprint density at radius 3 is 2.67 bits per heavy atom. The average molecular weight is 435 g/mol. The van der Waals surface area contributed by atoms with Crippen LogP contribution in [0, 0.1) is 0 Å². The third-order valence-corrected chi connectivity index (χ3v) is 5.78. The summed E-state index contributed by atoms with van der Waals surface area (Å²) in [7, 11) is 0. The van der Waals surface area contributed by atoms with E-state index in [-0.39, 0.29) is 12.5 Å². The molecule has 1 aromatic rings. The number of nitrogens with one attached hydrogen (secondary N) is 1. The number of carbonyl (C=O) groups is 2. The van der Waals surface area contributed by atoms with Gasteiger partial charge >= 0.3 is 5.97 Å². The van der Waals surface area contributed by atoms with Crippen molar-refractivity contribution in [1.82, 2.24) is 10.2 Å². The Hall–Kier alpha value is -2.07. The van der Waals surface area contributed by atoms with E-state index in [2.05, 4.69) is 5.32 Å². The molecule has 30 heavy (non-hydrogen) atoms. The van der Waals surface area contributed by atoms with Crippen molar-refractivity contribution in [1.29, 1.82) is 0 Å². The highest BCUT2D eigenvalue weighted by molar-refractivity contribution is 7.80. The quantitative estimate of drug-likeness (QED) is 0.537. The third-order valence-electron chi connectivity index (χ3n) is 5.46. The summed E-state index contributed by atoms with van der Waals surface area (Å²) in [6, 6.07) is 8.69. The van der Waals surface area contributed by atoms with Crippen LogP contribution in [0.2, 0.25) is 0 Å². The van der Waals surface area contributed by atoms with E-state index in [0.29, 0.717) is 17.2 Å². The molecule has 3 aliphatic rings. The van der Waals surface area contributed by atoms with Crippen molar-refractivity contribution in [2.75, 3.05) is 13.2 Å².